The van der Waals surface area contributed by atoms with Crippen molar-refractivity contribution >= 4 is 60.5 Å². The zero-order valence-corrected chi connectivity index (χ0v) is 27.3. The Bertz CT molecular complexity index is 2770. The summed E-state index contributed by atoms with van der Waals surface area (Å²) in [5, 5.41) is 7.33. The smallest absolute Gasteiger partial charge is 0.136 e. The number of fused-ring (bicyclic) bond motifs is 1. The number of para-hydroxylation sites is 1. The van der Waals surface area contributed by atoms with Crippen LogP contribution in [0.2, 0.25) is 0 Å². The minimum Gasteiger partial charge on any atom is -0.456 e. The van der Waals surface area contributed by atoms with Crippen molar-refractivity contribution in [3.8, 4) is 33.4 Å². The standard InChI is InChI=1S/C48H31NO/c1-2-11-39(12-3-1)49(44-14-6-9-36-8-4-5-13-42(36)44)40-27-24-35(25-28-40)33-18-16-32(17-19-33)34-20-22-37(23-21-34)41-30-31-46-48-43(41)29-26-38-10-7-15-45(50-46)47(38)48/h1-31H. The van der Waals surface area contributed by atoms with Gasteiger partial charge in [-0.15, -0.1) is 0 Å². The van der Waals surface area contributed by atoms with Gasteiger partial charge in [0.15, 0.2) is 0 Å². The minimum atomic E-state index is 0.945. The zero-order valence-electron chi connectivity index (χ0n) is 27.3. The van der Waals surface area contributed by atoms with E-state index in [9.17, 15) is 0 Å². The molecule has 9 aromatic carbocycles. The quantitative estimate of drug-likeness (QED) is 0.169. The lowest BCUT2D eigenvalue weighted by Gasteiger charge is -2.27. The van der Waals surface area contributed by atoms with Gasteiger partial charge in [-0.1, -0.05) is 146 Å². The van der Waals surface area contributed by atoms with E-state index in [1.165, 1.54) is 65.7 Å². The number of nitrogens with zero attached hydrogens (tertiary/aromatic N) is 1. The second kappa shape index (κ2) is 11.5. The summed E-state index contributed by atoms with van der Waals surface area (Å²) in [5.74, 6) is 0. The first-order valence-corrected chi connectivity index (χ1v) is 17.1. The van der Waals surface area contributed by atoms with E-state index < -0.39 is 0 Å². The van der Waals surface area contributed by atoms with Crippen LogP contribution in [0, 0.1) is 0 Å². The predicted molar refractivity (Wildman–Crippen MR) is 211 cm³/mol. The van der Waals surface area contributed by atoms with Gasteiger partial charge < -0.3 is 9.32 Å². The van der Waals surface area contributed by atoms with Crippen molar-refractivity contribution in [3.63, 3.8) is 0 Å². The van der Waals surface area contributed by atoms with Gasteiger partial charge in [0.2, 0.25) is 0 Å². The van der Waals surface area contributed by atoms with Crippen molar-refractivity contribution in [2.45, 2.75) is 0 Å². The van der Waals surface area contributed by atoms with Crippen LogP contribution in [0.3, 0.4) is 0 Å². The number of benzene rings is 9. The number of hydrogen-bond acceptors (Lipinski definition) is 2. The third-order valence-electron chi connectivity index (χ3n) is 10.1. The molecule has 234 valence electrons. The van der Waals surface area contributed by atoms with Gasteiger partial charge in [-0.05, 0) is 92.0 Å². The summed E-state index contributed by atoms with van der Waals surface area (Å²) < 4.78 is 6.19. The summed E-state index contributed by atoms with van der Waals surface area (Å²) in [6.45, 7) is 0. The van der Waals surface area contributed by atoms with Crippen molar-refractivity contribution in [2.24, 2.45) is 0 Å². The van der Waals surface area contributed by atoms with Gasteiger partial charge >= 0.3 is 0 Å². The van der Waals surface area contributed by atoms with E-state index in [4.69, 9.17) is 4.42 Å². The van der Waals surface area contributed by atoms with Gasteiger partial charge in [0.25, 0.3) is 0 Å². The van der Waals surface area contributed by atoms with Crippen LogP contribution in [0.1, 0.15) is 0 Å². The van der Waals surface area contributed by atoms with Crippen LogP contribution in [-0.4, -0.2) is 0 Å². The Balaban J connectivity index is 0.937. The highest BCUT2D eigenvalue weighted by Gasteiger charge is 2.17. The Hall–Kier alpha value is -6.64. The van der Waals surface area contributed by atoms with Gasteiger partial charge in [0.1, 0.15) is 11.2 Å². The maximum Gasteiger partial charge on any atom is 0.136 e. The Morgan fingerprint density at radius 1 is 0.320 bits per heavy atom. The van der Waals surface area contributed by atoms with Gasteiger partial charge in [-0.3, -0.25) is 0 Å². The molecule has 0 N–H and O–H groups in total. The third-order valence-corrected chi connectivity index (χ3v) is 10.1. The molecule has 2 heteroatoms. The molecule has 1 heterocycles. The highest BCUT2D eigenvalue weighted by atomic mass is 16.3. The van der Waals surface area contributed by atoms with E-state index in [1.807, 2.05) is 0 Å². The fourth-order valence-electron chi connectivity index (χ4n) is 7.61. The molecule has 50 heavy (non-hydrogen) atoms. The molecule has 0 saturated heterocycles. The molecule has 0 spiro atoms. The van der Waals surface area contributed by atoms with E-state index in [0.29, 0.717) is 0 Å². The second-order valence-electron chi connectivity index (χ2n) is 12.9. The van der Waals surface area contributed by atoms with Gasteiger partial charge in [0, 0.05) is 27.5 Å². The molecule has 0 radical (unpaired) electrons. The van der Waals surface area contributed by atoms with Crippen LogP contribution in [0.5, 0.6) is 0 Å². The molecule has 10 aromatic rings. The SMILES string of the molecule is c1ccc(N(c2ccc(-c3ccc(-c4ccc(-c5ccc6oc7cccc8ccc5c6c87)cc4)cc3)cc2)c2cccc3ccccc23)cc1. The lowest BCUT2D eigenvalue weighted by molar-refractivity contribution is 0.669. The van der Waals surface area contributed by atoms with Crippen LogP contribution >= 0.6 is 0 Å². The highest BCUT2D eigenvalue weighted by Crippen LogP contribution is 2.42. The molecule has 0 fully saturated rings. The van der Waals surface area contributed by atoms with Crippen molar-refractivity contribution in [1.29, 1.82) is 0 Å². The molecular weight excluding hydrogens is 607 g/mol. The molecule has 0 aliphatic heterocycles. The largest absolute Gasteiger partial charge is 0.456 e. The van der Waals surface area contributed by atoms with Crippen LogP contribution in [0.25, 0.3) is 76.9 Å². The monoisotopic (exact) mass is 637 g/mol. The Kier molecular flexibility index (Phi) is 6.53. The summed E-state index contributed by atoms with van der Waals surface area (Å²) in [7, 11) is 0. The van der Waals surface area contributed by atoms with E-state index in [2.05, 4.69) is 193 Å². The molecule has 10 rings (SSSR count). The Morgan fingerprint density at radius 3 is 1.62 bits per heavy atom. The maximum absolute atomic E-state index is 6.19. The topological polar surface area (TPSA) is 16.4 Å². The summed E-state index contributed by atoms with van der Waals surface area (Å²) in [6, 6.07) is 67.4. The van der Waals surface area contributed by atoms with Crippen LogP contribution in [0.15, 0.2) is 192 Å². The third kappa shape index (κ3) is 4.65. The second-order valence-corrected chi connectivity index (χ2v) is 12.9. The average Bonchev–Trinajstić information content (AvgIpc) is 3.58. The molecule has 0 unspecified atom stereocenters. The Labute approximate surface area is 290 Å². The lowest BCUT2D eigenvalue weighted by Crippen LogP contribution is -2.10. The van der Waals surface area contributed by atoms with Gasteiger partial charge in [-0.2, -0.15) is 0 Å². The maximum atomic E-state index is 6.19. The fourth-order valence-corrected chi connectivity index (χ4v) is 7.61. The van der Waals surface area contributed by atoms with Crippen molar-refractivity contribution in [3.05, 3.63) is 188 Å². The molecule has 0 aliphatic carbocycles. The summed E-state index contributed by atoms with van der Waals surface area (Å²) in [5.41, 5.74) is 12.5. The summed E-state index contributed by atoms with van der Waals surface area (Å²) in [6.07, 6.45) is 0. The molecule has 0 aliphatic rings. The normalized spacial score (nSPS) is 11.6. The first-order chi connectivity index (χ1) is 24.8. The average molecular weight is 638 g/mol. The predicted octanol–water partition coefficient (Wildman–Crippen LogP) is 13.8. The van der Waals surface area contributed by atoms with Crippen molar-refractivity contribution in [2.75, 3.05) is 4.90 Å². The van der Waals surface area contributed by atoms with Crippen LogP contribution < -0.4 is 4.90 Å². The van der Waals surface area contributed by atoms with Crippen LogP contribution in [0.4, 0.5) is 17.1 Å². The lowest BCUT2D eigenvalue weighted by atomic mass is 9.93. The molecule has 0 atom stereocenters. The molecular formula is C48H31NO. The zero-order chi connectivity index (χ0) is 33.0. The Morgan fingerprint density at radius 2 is 0.880 bits per heavy atom. The summed E-state index contributed by atoms with van der Waals surface area (Å²) in [4.78, 5) is 2.34. The van der Waals surface area contributed by atoms with Crippen LogP contribution in [-0.2, 0) is 0 Å². The molecule has 2 nitrogen and oxygen atoms in total. The van der Waals surface area contributed by atoms with Gasteiger partial charge in [0.05, 0.1) is 5.69 Å². The molecule has 1 aromatic heterocycles. The first kappa shape index (κ1) is 28.4. The summed E-state index contributed by atoms with van der Waals surface area (Å²) >= 11 is 0. The fraction of sp³-hybridized carbons (Fsp3) is 0. The van der Waals surface area contributed by atoms with E-state index >= 15 is 0 Å². The number of anilines is 3. The van der Waals surface area contributed by atoms with E-state index in [1.54, 1.807) is 0 Å². The molecule has 0 saturated carbocycles. The number of rotatable bonds is 6. The number of furan rings is 1. The highest BCUT2D eigenvalue weighted by molar-refractivity contribution is 6.24. The van der Waals surface area contributed by atoms with E-state index in [-0.39, 0.29) is 0 Å². The van der Waals surface area contributed by atoms with Gasteiger partial charge in [-0.25, -0.2) is 0 Å². The van der Waals surface area contributed by atoms with Crippen molar-refractivity contribution < 1.29 is 4.42 Å². The minimum absolute atomic E-state index is 0.945. The molecule has 0 bridgehead atoms. The first-order valence-electron chi connectivity index (χ1n) is 17.1. The number of hydrogen-bond donors (Lipinski definition) is 0. The van der Waals surface area contributed by atoms with Crippen molar-refractivity contribution in [1.82, 2.24) is 0 Å². The molecule has 0 amide bonds. The van der Waals surface area contributed by atoms with E-state index in [0.717, 1.165) is 28.2 Å².